The summed E-state index contributed by atoms with van der Waals surface area (Å²) in [5.74, 6) is 0. The minimum Gasteiger partial charge on any atom is -0.387 e. The van der Waals surface area contributed by atoms with Crippen molar-refractivity contribution in [3.05, 3.63) is 34.3 Å². The molecule has 1 atom stereocenters. The first-order valence-electron chi connectivity index (χ1n) is 4.30. The number of hydrogen-bond acceptors (Lipinski definition) is 1. The van der Waals surface area contributed by atoms with E-state index in [2.05, 4.69) is 15.9 Å². The van der Waals surface area contributed by atoms with Gasteiger partial charge in [0.1, 0.15) is 6.10 Å². The lowest BCUT2D eigenvalue weighted by Gasteiger charge is -2.08. The molecule has 0 bridgehead atoms. The zero-order valence-electron chi connectivity index (χ0n) is 7.46. The van der Waals surface area contributed by atoms with E-state index in [-0.39, 0.29) is 6.42 Å². The predicted octanol–water partition coefficient (Wildman–Crippen LogP) is 3.01. The summed E-state index contributed by atoms with van der Waals surface area (Å²) in [5.41, 5.74) is 0.944. The topological polar surface area (TPSA) is 20.2 Å². The second-order valence-electron chi connectivity index (χ2n) is 3.07. The first-order chi connectivity index (χ1) is 6.59. The van der Waals surface area contributed by atoms with E-state index < -0.39 is 12.5 Å². The van der Waals surface area contributed by atoms with E-state index in [1.807, 2.05) is 24.3 Å². The third-order valence-electron chi connectivity index (χ3n) is 1.91. The lowest BCUT2D eigenvalue weighted by molar-refractivity contribution is -0.00849. The lowest BCUT2D eigenvalue weighted by atomic mass is 10.1. The van der Waals surface area contributed by atoms with Gasteiger partial charge in [0.05, 0.1) is 0 Å². The molecular formula is C10H11BrF2O. The monoisotopic (exact) mass is 264 g/mol. The van der Waals surface area contributed by atoms with Crippen LogP contribution in [-0.2, 0) is 6.42 Å². The smallest absolute Gasteiger partial charge is 0.264 e. The highest BCUT2D eigenvalue weighted by Gasteiger charge is 2.15. The quantitative estimate of drug-likeness (QED) is 0.887. The SMILES string of the molecule is OC(CCc1cccc(Br)c1)C(F)F. The van der Waals surface area contributed by atoms with Gasteiger partial charge in [-0.05, 0) is 30.5 Å². The fourth-order valence-electron chi connectivity index (χ4n) is 1.13. The molecule has 1 unspecified atom stereocenters. The zero-order valence-corrected chi connectivity index (χ0v) is 9.05. The van der Waals surface area contributed by atoms with Crippen LogP contribution < -0.4 is 0 Å². The fraction of sp³-hybridized carbons (Fsp3) is 0.400. The van der Waals surface area contributed by atoms with Crippen molar-refractivity contribution < 1.29 is 13.9 Å². The number of hydrogen-bond donors (Lipinski definition) is 1. The summed E-state index contributed by atoms with van der Waals surface area (Å²) in [7, 11) is 0. The molecule has 1 N–H and O–H groups in total. The van der Waals surface area contributed by atoms with Crippen LogP contribution in [-0.4, -0.2) is 17.6 Å². The molecular weight excluding hydrogens is 254 g/mol. The maximum absolute atomic E-state index is 12.0. The van der Waals surface area contributed by atoms with Crippen molar-refractivity contribution in [3.8, 4) is 0 Å². The summed E-state index contributed by atoms with van der Waals surface area (Å²) in [6.45, 7) is 0. The Balaban J connectivity index is 2.45. The first-order valence-corrected chi connectivity index (χ1v) is 5.09. The number of aryl methyl sites for hydroxylation is 1. The third-order valence-corrected chi connectivity index (χ3v) is 2.40. The number of benzene rings is 1. The maximum atomic E-state index is 12.0. The Bertz CT molecular complexity index is 291. The van der Waals surface area contributed by atoms with Gasteiger partial charge in [-0.2, -0.15) is 0 Å². The average molecular weight is 265 g/mol. The lowest BCUT2D eigenvalue weighted by Crippen LogP contribution is -2.17. The van der Waals surface area contributed by atoms with Crippen LogP contribution in [0.2, 0.25) is 0 Å². The molecule has 0 radical (unpaired) electrons. The Hall–Kier alpha value is -0.480. The largest absolute Gasteiger partial charge is 0.387 e. The standard InChI is InChI=1S/C10H11BrF2O/c11-8-3-1-2-7(6-8)4-5-9(14)10(12)13/h1-3,6,9-10,14H,4-5H2. The van der Waals surface area contributed by atoms with E-state index >= 15 is 0 Å². The molecule has 0 heterocycles. The van der Waals surface area contributed by atoms with Crippen LogP contribution in [0.25, 0.3) is 0 Å². The number of rotatable bonds is 4. The minimum absolute atomic E-state index is 0.0914. The molecule has 0 spiro atoms. The van der Waals surface area contributed by atoms with Crippen LogP contribution in [0.15, 0.2) is 28.7 Å². The van der Waals surface area contributed by atoms with Crippen molar-refractivity contribution in [2.75, 3.05) is 0 Å². The van der Waals surface area contributed by atoms with E-state index in [4.69, 9.17) is 5.11 Å². The van der Waals surface area contributed by atoms with Crippen molar-refractivity contribution >= 4 is 15.9 Å². The third kappa shape index (κ3) is 3.72. The van der Waals surface area contributed by atoms with Crippen molar-refractivity contribution in [1.29, 1.82) is 0 Å². The fourth-order valence-corrected chi connectivity index (χ4v) is 1.58. The molecule has 0 saturated heterocycles. The van der Waals surface area contributed by atoms with Gasteiger partial charge in [-0.3, -0.25) is 0 Å². The van der Waals surface area contributed by atoms with Gasteiger partial charge in [0.15, 0.2) is 0 Å². The van der Waals surface area contributed by atoms with Crippen LogP contribution in [0.4, 0.5) is 8.78 Å². The normalized spacial score (nSPS) is 13.2. The number of alkyl halides is 2. The highest BCUT2D eigenvalue weighted by atomic mass is 79.9. The van der Waals surface area contributed by atoms with Crippen LogP contribution in [0.3, 0.4) is 0 Å². The highest BCUT2D eigenvalue weighted by molar-refractivity contribution is 9.10. The van der Waals surface area contributed by atoms with Gasteiger partial charge in [-0.1, -0.05) is 28.1 Å². The van der Waals surface area contributed by atoms with E-state index in [0.29, 0.717) is 6.42 Å². The average Bonchev–Trinajstić information content (AvgIpc) is 2.14. The van der Waals surface area contributed by atoms with E-state index in [1.54, 1.807) is 0 Å². The molecule has 1 rings (SSSR count). The second-order valence-corrected chi connectivity index (χ2v) is 3.99. The molecule has 14 heavy (non-hydrogen) atoms. The molecule has 0 amide bonds. The Morgan fingerprint density at radius 2 is 2.07 bits per heavy atom. The number of aliphatic hydroxyl groups is 1. The molecule has 0 saturated carbocycles. The number of halogens is 3. The Labute approximate surface area is 89.9 Å². The summed E-state index contributed by atoms with van der Waals surface area (Å²) >= 11 is 3.29. The second kappa shape index (κ2) is 5.41. The molecule has 1 aromatic carbocycles. The molecule has 1 aromatic rings. The van der Waals surface area contributed by atoms with Gasteiger partial charge >= 0.3 is 0 Å². The summed E-state index contributed by atoms with van der Waals surface area (Å²) < 4.78 is 24.8. The van der Waals surface area contributed by atoms with Crippen molar-refractivity contribution in [2.24, 2.45) is 0 Å². The molecule has 0 aliphatic carbocycles. The van der Waals surface area contributed by atoms with E-state index in [1.165, 1.54) is 0 Å². The molecule has 0 aliphatic heterocycles. The molecule has 0 aromatic heterocycles. The predicted molar refractivity (Wildman–Crippen MR) is 54.5 cm³/mol. The van der Waals surface area contributed by atoms with Gasteiger partial charge in [0, 0.05) is 4.47 Å². The highest BCUT2D eigenvalue weighted by Crippen LogP contribution is 2.15. The van der Waals surface area contributed by atoms with Crippen molar-refractivity contribution in [1.82, 2.24) is 0 Å². The summed E-state index contributed by atoms with van der Waals surface area (Å²) in [6.07, 6.45) is -3.62. The molecule has 1 nitrogen and oxygen atoms in total. The zero-order chi connectivity index (χ0) is 10.6. The number of aliphatic hydroxyl groups excluding tert-OH is 1. The molecule has 78 valence electrons. The van der Waals surface area contributed by atoms with Gasteiger partial charge in [0.25, 0.3) is 6.43 Å². The molecule has 4 heteroatoms. The van der Waals surface area contributed by atoms with Crippen molar-refractivity contribution in [2.45, 2.75) is 25.4 Å². The Kier molecular flexibility index (Phi) is 4.48. The summed E-state index contributed by atoms with van der Waals surface area (Å²) in [6, 6.07) is 7.42. The van der Waals surface area contributed by atoms with Crippen LogP contribution in [0.1, 0.15) is 12.0 Å². The van der Waals surface area contributed by atoms with Gasteiger partial charge in [0.2, 0.25) is 0 Å². The van der Waals surface area contributed by atoms with Gasteiger partial charge in [-0.25, -0.2) is 8.78 Å². The van der Waals surface area contributed by atoms with Crippen molar-refractivity contribution in [3.63, 3.8) is 0 Å². The first kappa shape index (κ1) is 11.6. The Morgan fingerprint density at radius 1 is 1.36 bits per heavy atom. The van der Waals surface area contributed by atoms with Gasteiger partial charge in [-0.15, -0.1) is 0 Å². The van der Waals surface area contributed by atoms with Crippen LogP contribution >= 0.6 is 15.9 Å². The summed E-state index contributed by atoms with van der Waals surface area (Å²) in [4.78, 5) is 0. The van der Waals surface area contributed by atoms with Gasteiger partial charge < -0.3 is 5.11 Å². The summed E-state index contributed by atoms with van der Waals surface area (Å²) in [5, 5.41) is 8.90. The maximum Gasteiger partial charge on any atom is 0.264 e. The van der Waals surface area contributed by atoms with Crippen LogP contribution in [0, 0.1) is 0 Å². The molecule has 0 fully saturated rings. The minimum atomic E-state index is -2.65. The van der Waals surface area contributed by atoms with E-state index in [9.17, 15) is 8.78 Å². The van der Waals surface area contributed by atoms with E-state index in [0.717, 1.165) is 10.0 Å². The Morgan fingerprint density at radius 3 is 2.64 bits per heavy atom. The molecule has 0 aliphatic rings. The van der Waals surface area contributed by atoms with Crippen LogP contribution in [0.5, 0.6) is 0 Å².